The average Bonchev–Trinajstić information content (AvgIpc) is 2.86. The van der Waals surface area contributed by atoms with Crippen molar-refractivity contribution in [1.82, 2.24) is 0 Å². The second kappa shape index (κ2) is 12.9. The Morgan fingerprint density at radius 2 is 2.08 bits per heavy atom. The maximum absolute atomic E-state index is 8.06. The Balaban J connectivity index is 0. The number of hydrogen-bond donors (Lipinski definition) is 1. The molecule has 0 aliphatic carbocycles. The topological polar surface area (TPSA) is 51.2 Å². The first-order valence-corrected chi connectivity index (χ1v) is 3.87. The van der Waals surface area contributed by atoms with Crippen molar-refractivity contribution in [3.8, 4) is 0 Å². The molecule has 1 atom stereocenters. The normalized spacial score (nSPS) is 18.2. The zero-order valence-corrected chi connectivity index (χ0v) is 11.1. The summed E-state index contributed by atoms with van der Waals surface area (Å²) in [6, 6.07) is 0. The van der Waals surface area contributed by atoms with Gasteiger partial charge in [0.2, 0.25) is 0 Å². The van der Waals surface area contributed by atoms with Gasteiger partial charge >= 0.3 is 0 Å². The molecule has 0 aromatic carbocycles. The molecule has 0 saturated carbocycles. The number of methoxy groups -OCH3 is 2. The standard InChI is InChI=1S/C4H8O2.C4H9O2.Y/c1-5-2-4-3-6-4;1-6-4-2-3-5;/h4H,2-3H2,1H3;2,5H,3-4H2,1H3;/q;-1;. The first kappa shape index (κ1) is 16.4. The number of epoxide rings is 1. The average molecular weight is 266 g/mol. The van der Waals surface area contributed by atoms with Crippen molar-refractivity contribution in [2.75, 3.05) is 40.6 Å². The van der Waals surface area contributed by atoms with Crippen molar-refractivity contribution in [2.45, 2.75) is 6.10 Å². The van der Waals surface area contributed by atoms with Crippen LogP contribution in [-0.4, -0.2) is 51.9 Å². The molecule has 0 aromatic rings. The Hall–Kier alpha value is 0.944. The summed E-state index contributed by atoms with van der Waals surface area (Å²) in [4.78, 5) is 0. The molecule has 0 amide bonds. The Morgan fingerprint density at radius 3 is 2.23 bits per heavy atom. The van der Waals surface area contributed by atoms with Crippen LogP contribution >= 0.6 is 0 Å². The fraction of sp³-hybridized carbons (Fsp3) is 0.875. The van der Waals surface area contributed by atoms with E-state index in [1.54, 1.807) is 20.6 Å². The summed E-state index contributed by atoms with van der Waals surface area (Å²) < 4.78 is 14.1. The van der Waals surface area contributed by atoms with E-state index in [1.807, 2.05) is 0 Å². The van der Waals surface area contributed by atoms with Crippen LogP contribution in [0.25, 0.3) is 0 Å². The van der Waals surface area contributed by atoms with Gasteiger partial charge in [-0.25, -0.2) is 0 Å². The van der Waals surface area contributed by atoms with E-state index in [0.29, 0.717) is 12.7 Å². The van der Waals surface area contributed by atoms with E-state index in [0.717, 1.165) is 13.2 Å². The van der Waals surface area contributed by atoms with Gasteiger partial charge in [-0.15, -0.1) is 0 Å². The van der Waals surface area contributed by atoms with Gasteiger partial charge in [-0.2, -0.15) is 0 Å². The van der Waals surface area contributed by atoms with Gasteiger partial charge in [0.1, 0.15) is 6.10 Å². The van der Waals surface area contributed by atoms with E-state index < -0.39 is 0 Å². The Labute approximate surface area is 105 Å². The Bertz CT molecular complexity index is 84.2. The van der Waals surface area contributed by atoms with Crippen LogP contribution in [0.3, 0.4) is 0 Å². The molecule has 1 saturated heterocycles. The van der Waals surface area contributed by atoms with Crippen LogP contribution in [0.15, 0.2) is 0 Å². The molecular formula is C8H17O4Y-. The molecule has 1 fully saturated rings. The molecular weight excluding hydrogens is 249 g/mol. The van der Waals surface area contributed by atoms with Crippen LogP contribution in [0.4, 0.5) is 0 Å². The molecule has 0 spiro atoms. The van der Waals surface area contributed by atoms with Gasteiger partial charge in [0.15, 0.2) is 0 Å². The van der Waals surface area contributed by atoms with Crippen molar-refractivity contribution in [1.29, 1.82) is 0 Å². The van der Waals surface area contributed by atoms with Crippen LogP contribution in [0.2, 0.25) is 0 Å². The molecule has 1 N–H and O–H groups in total. The summed E-state index contributed by atoms with van der Waals surface area (Å²) in [6.45, 7) is 2.30. The van der Waals surface area contributed by atoms with Crippen LogP contribution in [0.5, 0.6) is 0 Å². The molecule has 1 unspecified atom stereocenters. The van der Waals surface area contributed by atoms with Gasteiger partial charge < -0.3 is 19.3 Å². The molecule has 0 bridgehead atoms. The van der Waals surface area contributed by atoms with Gasteiger partial charge in [-0.05, 0) is 0 Å². The zero-order chi connectivity index (χ0) is 9.23. The van der Waals surface area contributed by atoms with Crippen molar-refractivity contribution in [3.05, 3.63) is 6.42 Å². The summed E-state index contributed by atoms with van der Waals surface area (Å²) in [7, 11) is 3.27. The molecule has 1 rings (SSSR count). The van der Waals surface area contributed by atoms with Gasteiger partial charge in [-0.1, -0.05) is 13.2 Å². The predicted octanol–water partition coefficient (Wildman–Crippen LogP) is -0.142. The summed E-state index contributed by atoms with van der Waals surface area (Å²) in [6.07, 6.45) is 2.06. The van der Waals surface area contributed by atoms with E-state index in [1.165, 1.54) is 0 Å². The number of aliphatic hydroxyl groups excluding tert-OH is 1. The summed E-state index contributed by atoms with van der Waals surface area (Å²) >= 11 is 0. The number of hydrogen-bond acceptors (Lipinski definition) is 4. The molecule has 77 valence electrons. The molecule has 4 nitrogen and oxygen atoms in total. The smallest absolute Gasteiger partial charge is 0.104 e. The maximum Gasteiger partial charge on any atom is 0.104 e. The third-order valence-electron chi connectivity index (χ3n) is 1.17. The quantitative estimate of drug-likeness (QED) is 0.427. The van der Waals surface area contributed by atoms with Crippen LogP contribution in [0, 0.1) is 6.42 Å². The second-order valence-corrected chi connectivity index (χ2v) is 2.34. The largest absolute Gasteiger partial charge is 0.428 e. The number of ether oxygens (including phenoxy) is 3. The van der Waals surface area contributed by atoms with Gasteiger partial charge in [0.25, 0.3) is 0 Å². The van der Waals surface area contributed by atoms with Crippen LogP contribution < -0.4 is 0 Å². The number of aliphatic hydroxyl groups is 1. The minimum absolute atomic E-state index is 0. The monoisotopic (exact) mass is 266 g/mol. The fourth-order valence-corrected chi connectivity index (χ4v) is 0.521. The van der Waals surface area contributed by atoms with E-state index in [4.69, 9.17) is 14.6 Å². The van der Waals surface area contributed by atoms with E-state index >= 15 is 0 Å². The summed E-state index contributed by atoms with van der Waals surface area (Å²) in [5.41, 5.74) is 0. The third kappa shape index (κ3) is 15.7. The van der Waals surface area contributed by atoms with E-state index in [-0.39, 0.29) is 39.3 Å². The van der Waals surface area contributed by atoms with Gasteiger partial charge in [0.05, 0.1) is 13.2 Å². The fourth-order valence-electron chi connectivity index (χ4n) is 0.521. The first-order valence-electron chi connectivity index (χ1n) is 3.87. The first-order chi connectivity index (χ1) is 5.85. The Kier molecular flexibility index (Phi) is 16.3. The Morgan fingerprint density at radius 1 is 1.46 bits per heavy atom. The minimum Gasteiger partial charge on any atom is -0.428 e. The minimum atomic E-state index is 0. The molecule has 1 aliphatic heterocycles. The zero-order valence-electron chi connectivity index (χ0n) is 8.23. The molecule has 1 heterocycles. The third-order valence-corrected chi connectivity index (χ3v) is 1.17. The molecule has 13 heavy (non-hydrogen) atoms. The van der Waals surface area contributed by atoms with Gasteiger partial charge in [0, 0.05) is 46.9 Å². The SMILES string of the molecule is COCC1CO1.COC[CH-]CO.[Y]. The van der Waals surface area contributed by atoms with Crippen molar-refractivity contribution < 1.29 is 52.0 Å². The van der Waals surface area contributed by atoms with Crippen LogP contribution in [0.1, 0.15) is 0 Å². The molecule has 1 aliphatic rings. The van der Waals surface area contributed by atoms with Crippen molar-refractivity contribution in [3.63, 3.8) is 0 Å². The van der Waals surface area contributed by atoms with E-state index in [9.17, 15) is 0 Å². The molecule has 1 radical (unpaired) electrons. The van der Waals surface area contributed by atoms with Gasteiger partial charge in [-0.3, -0.25) is 6.42 Å². The van der Waals surface area contributed by atoms with E-state index in [2.05, 4.69) is 4.74 Å². The summed E-state index contributed by atoms with van der Waals surface area (Å²) in [5, 5.41) is 8.06. The second-order valence-electron chi connectivity index (χ2n) is 2.34. The van der Waals surface area contributed by atoms with Crippen molar-refractivity contribution in [2.24, 2.45) is 0 Å². The molecule has 5 heteroatoms. The molecule has 0 aromatic heterocycles. The summed E-state index contributed by atoms with van der Waals surface area (Å²) in [5.74, 6) is 0. The van der Waals surface area contributed by atoms with Crippen molar-refractivity contribution >= 4 is 0 Å². The van der Waals surface area contributed by atoms with Crippen LogP contribution in [-0.2, 0) is 46.9 Å². The maximum atomic E-state index is 8.06. The number of rotatable bonds is 5. The predicted molar refractivity (Wildman–Crippen MR) is 44.9 cm³/mol.